The molecule has 0 saturated carbocycles. The van der Waals surface area contributed by atoms with Crippen molar-refractivity contribution in [1.82, 2.24) is 14.9 Å². The number of halogens is 1. The monoisotopic (exact) mass is 333 g/mol. The van der Waals surface area contributed by atoms with Crippen molar-refractivity contribution in [1.29, 1.82) is 0 Å². The number of carbonyl (C=O) groups excluding carboxylic acids is 1. The summed E-state index contributed by atoms with van der Waals surface area (Å²) in [5, 5.41) is 0.659. The fourth-order valence-electron chi connectivity index (χ4n) is 1.85. The van der Waals surface area contributed by atoms with E-state index in [-0.39, 0.29) is 5.91 Å². The highest BCUT2D eigenvalue weighted by Gasteiger charge is 2.14. The Balaban J connectivity index is 2.10. The van der Waals surface area contributed by atoms with Gasteiger partial charge in [0.25, 0.3) is 0 Å². The Bertz CT molecular complexity index is 492. The number of amides is 1. The van der Waals surface area contributed by atoms with Crippen molar-refractivity contribution in [3.8, 4) is 0 Å². The molecule has 0 aliphatic heterocycles. The van der Waals surface area contributed by atoms with Crippen molar-refractivity contribution in [2.75, 3.05) is 5.33 Å². The van der Waals surface area contributed by atoms with E-state index in [1.807, 2.05) is 36.4 Å². The Morgan fingerprint density at radius 2 is 1.55 bits per heavy atom. The van der Waals surface area contributed by atoms with Gasteiger partial charge in [-0.1, -0.05) is 28.1 Å². The molecule has 0 aromatic carbocycles. The van der Waals surface area contributed by atoms with Crippen LogP contribution < -0.4 is 0 Å². The molecule has 2 heterocycles. The summed E-state index contributed by atoms with van der Waals surface area (Å²) in [6, 6.07) is 11.4. The highest BCUT2D eigenvalue weighted by molar-refractivity contribution is 9.09. The smallest absolute Gasteiger partial charge is 0.224 e. The van der Waals surface area contributed by atoms with Gasteiger partial charge in [-0.2, -0.15) is 0 Å². The van der Waals surface area contributed by atoms with Gasteiger partial charge in [-0.05, 0) is 24.3 Å². The quantitative estimate of drug-likeness (QED) is 0.763. The molecule has 0 aliphatic carbocycles. The minimum atomic E-state index is 0.0955. The van der Waals surface area contributed by atoms with Gasteiger partial charge in [0, 0.05) is 24.1 Å². The fraction of sp³-hybridized carbons (Fsp3) is 0.267. The summed E-state index contributed by atoms with van der Waals surface area (Å²) in [5.74, 6) is 0.0955. The number of alkyl halides is 1. The molecular weight excluding hydrogens is 318 g/mol. The van der Waals surface area contributed by atoms with E-state index in [2.05, 4.69) is 25.9 Å². The highest BCUT2D eigenvalue weighted by atomic mass is 79.9. The summed E-state index contributed by atoms with van der Waals surface area (Å²) in [4.78, 5) is 22.5. The van der Waals surface area contributed by atoms with E-state index < -0.39 is 0 Å². The van der Waals surface area contributed by atoms with Crippen molar-refractivity contribution in [3.05, 3.63) is 60.2 Å². The number of hydrogen-bond donors (Lipinski definition) is 0. The number of aromatic nitrogens is 2. The van der Waals surface area contributed by atoms with Crippen molar-refractivity contribution in [2.45, 2.75) is 19.5 Å². The summed E-state index contributed by atoms with van der Waals surface area (Å²) in [6.45, 7) is 1.01. The van der Waals surface area contributed by atoms with Crippen molar-refractivity contribution in [3.63, 3.8) is 0 Å². The van der Waals surface area contributed by atoms with Crippen molar-refractivity contribution >= 4 is 21.8 Å². The maximum Gasteiger partial charge on any atom is 0.224 e. The minimum Gasteiger partial charge on any atom is -0.331 e. The van der Waals surface area contributed by atoms with Crippen LogP contribution in [0, 0.1) is 0 Å². The Hall–Kier alpha value is -1.75. The molecule has 0 bridgehead atoms. The lowest BCUT2D eigenvalue weighted by Crippen LogP contribution is -2.30. The van der Waals surface area contributed by atoms with Gasteiger partial charge in [-0.25, -0.2) is 0 Å². The van der Waals surface area contributed by atoms with Crippen LogP contribution in [-0.2, 0) is 17.9 Å². The molecule has 0 fully saturated rings. The standard InChI is InChI=1S/C15H16BrN3O/c16-8-7-15(20)19(11-13-5-1-3-9-17-13)12-14-6-2-4-10-18-14/h1-6,9-10H,7-8,11-12H2. The first-order chi connectivity index (χ1) is 9.79. The second-order valence-electron chi connectivity index (χ2n) is 4.33. The zero-order valence-electron chi connectivity index (χ0n) is 11.1. The predicted octanol–water partition coefficient (Wildman–Crippen LogP) is 2.79. The third kappa shape index (κ3) is 4.42. The predicted molar refractivity (Wildman–Crippen MR) is 81.1 cm³/mol. The van der Waals surface area contributed by atoms with E-state index in [9.17, 15) is 4.79 Å². The molecular formula is C15H16BrN3O. The van der Waals surface area contributed by atoms with Crippen LogP contribution in [0.1, 0.15) is 17.8 Å². The Labute approximate surface area is 127 Å². The van der Waals surface area contributed by atoms with Gasteiger partial charge in [0.05, 0.1) is 24.5 Å². The largest absolute Gasteiger partial charge is 0.331 e. The Morgan fingerprint density at radius 3 is 1.95 bits per heavy atom. The number of nitrogens with zero attached hydrogens (tertiary/aromatic N) is 3. The Morgan fingerprint density at radius 1 is 1.00 bits per heavy atom. The summed E-state index contributed by atoms with van der Waals surface area (Å²) >= 11 is 3.31. The summed E-state index contributed by atoms with van der Waals surface area (Å²) in [7, 11) is 0. The molecule has 0 saturated heterocycles. The zero-order chi connectivity index (χ0) is 14.2. The molecule has 0 radical (unpaired) electrons. The molecule has 0 aliphatic rings. The molecule has 0 spiro atoms. The van der Waals surface area contributed by atoms with E-state index in [1.165, 1.54) is 0 Å². The first kappa shape index (κ1) is 14.7. The molecule has 104 valence electrons. The molecule has 0 unspecified atom stereocenters. The molecule has 2 aromatic rings. The minimum absolute atomic E-state index is 0.0955. The van der Waals surface area contributed by atoms with E-state index in [0.717, 1.165) is 11.4 Å². The second kappa shape index (κ2) is 7.75. The summed E-state index contributed by atoms with van der Waals surface area (Å²) < 4.78 is 0. The lowest BCUT2D eigenvalue weighted by atomic mass is 10.2. The van der Waals surface area contributed by atoms with Crippen LogP contribution in [0.3, 0.4) is 0 Å². The average Bonchev–Trinajstić information content (AvgIpc) is 2.49. The topological polar surface area (TPSA) is 46.1 Å². The third-order valence-electron chi connectivity index (χ3n) is 2.82. The average molecular weight is 334 g/mol. The second-order valence-corrected chi connectivity index (χ2v) is 5.12. The maximum absolute atomic E-state index is 12.2. The molecule has 0 N–H and O–H groups in total. The fourth-order valence-corrected chi connectivity index (χ4v) is 2.18. The van der Waals surface area contributed by atoms with Gasteiger partial charge in [0.15, 0.2) is 0 Å². The van der Waals surface area contributed by atoms with Crippen LogP contribution in [0.5, 0.6) is 0 Å². The van der Waals surface area contributed by atoms with Gasteiger partial charge in [-0.3, -0.25) is 14.8 Å². The van der Waals surface area contributed by atoms with Crippen LogP contribution in [0.2, 0.25) is 0 Å². The van der Waals surface area contributed by atoms with Crippen molar-refractivity contribution < 1.29 is 4.79 Å². The van der Waals surface area contributed by atoms with Crippen LogP contribution in [0.15, 0.2) is 48.8 Å². The van der Waals surface area contributed by atoms with Gasteiger partial charge in [0.1, 0.15) is 0 Å². The first-order valence-electron chi connectivity index (χ1n) is 6.43. The molecule has 2 aromatic heterocycles. The highest BCUT2D eigenvalue weighted by Crippen LogP contribution is 2.09. The maximum atomic E-state index is 12.2. The van der Waals surface area contributed by atoms with Crippen LogP contribution in [-0.4, -0.2) is 26.1 Å². The van der Waals surface area contributed by atoms with E-state index in [1.54, 1.807) is 17.3 Å². The molecule has 2 rings (SSSR count). The molecule has 20 heavy (non-hydrogen) atoms. The molecule has 4 nitrogen and oxygen atoms in total. The molecule has 1 amide bonds. The number of rotatable bonds is 6. The van der Waals surface area contributed by atoms with Crippen LogP contribution in [0.4, 0.5) is 0 Å². The van der Waals surface area contributed by atoms with Gasteiger partial charge >= 0.3 is 0 Å². The molecule has 0 atom stereocenters. The normalized spacial score (nSPS) is 10.2. The van der Waals surface area contributed by atoms with Crippen molar-refractivity contribution in [2.24, 2.45) is 0 Å². The van der Waals surface area contributed by atoms with Crippen LogP contribution >= 0.6 is 15.9 Å². The number of carbonyl (C=O) groups is 1. The van der Waals surface area contributed by atoms with Gasteiger partial charge < -0.3 is 4.90 Å². The summed E-state index contributed by atoms with van der Waals surface area (Å²) in [6.07, 6.45) is 3.95. The molecule has 5 heteroatoms. The van der Waals surface area contributed by atoms with E-state index >= 15 is 0 Å². The van der Waals surface area contributed by atoms with E-state index in [0.29, 0.717) is 24.8 Å². The third-order valence-corrected chi connectivity index (χ3v) is 3.22. The van der Waals surface area contributed by atoms with Crippen LogP contribution in [0.25, 0.3) is 0 Å². The lowest BCUT2D eigenvalue weighted by Gasteiger charge is -2.21. The SMILES string of the molecule is O=C(CCBr)N(Cc1ccccn1)Cc1ccccn1. The number of hydrogen-bond acceptors (Lipinski definition) is 3. The van der Waals surface area contributed by atoms with E-state index in [4.69, 9.17) is 0 Å². The van der Waals surface area contributed by atoms with Gasteiger partial charge in [-0.15, -0.1) is 0 Å². The summed E-state index contributed by atoms with van der Waals surface area (Å²) in [5.41, 5.74) is 1.76. The van der Waals surface area contributed by atoms with Gasteiger partial charge in [0.2, 0.25) is 5.91 Å². The first-order valence-corrected chi connectivity index (χ1v) is 7.55. The lowest BCUT2D eigenvalue weighted by molar-refractivity contribution is -0.132. The zero-order valence-corrected chi connectivity index (χ0v) is 12.7. The number of pyridine rings is 2. The Kier molecular flexibility index (Phi) is 5.68.